The van der Waals surface area contributed by atoms with Gasteiger partial charge in [-0.2, -0.15) is 0 Å². The molecule has 1 nitrogen and oxygen atoms in total. The molecule has 1 aromatic carbocycles. The van der Waals surface area contributed by atoms with Crippen molar-refractivity contribution in [2.75, 3.05) is 0 Å². The van der Waals surface area contributed by atoms with Crippen LogP contribution < -0.4 is 10.7 Å². The summed E-state index contributed by atoms with van der Waals surface area (Å²) in [5.74, 6) is 0.847. The molecule has 1 aromatic heterocycles. The van der Waals surface area contributed by atoms with Gasteiger partial charge in [0.15, 0.2) is 0 Å². The van der Waals surface area contributed by atoms with E-state index in [0.717, 1.165) is 6.42 Å². The molecule has 0 saturated heterocycles. The van der Waals surface area contributed by atoms with Crippen molar-refractivity contribution in [2.24, 2.45) is 0 Å². The molecule has 1 heterocycles. The summed E-state index contributed by atoms with van der Waals surface area (Å²) in [5.41, 5.74) is 5.60. The molecule has 0 N–H and O–H groups in total. The second kappa shape index (κ2) is 5.09. The van der Waals surface area contributed by atoms with Crippen molar-refractivity contribution in [3.05, 3.63) is 74.4 Å². The maximum Gasteiger partial charge on any atom is 0.0577 e. The van der Waals surface area contributed by atoms with Gasteiger partial charge >= 0.3 is 0 Å². The molecule has 3 aliphatic carbocycles. The molecule has 2 unspecified atom stereocenters. The zero-order valence-corrected chi connectivity index (χ0v) is 15.6. The van der Waals surface area contributed by atoms with Crippen molar-refractivity contribution in [1.29, 1.82) is 0 Å². The number of hydrogen-bond donors (Lipinski definition) is 0. The summed E-state index contributed by atoms with van der Waals surface area (Å²) in [5, 5.41) is 2.65. The van der Waals surface area contributed by atoms with Crippen LogP contribution in [0, 0.1) is 0 Å². The molecule has 3 heteroatoms. The van der Waals surface area contributed by atoms with E-state index in [0.29, 0.717) is 11.8 Å². The molecule has 0 saturated carbocycles. The van der Waals surface area contributed by atoms with Crippen LogP contribution in [0.4, 0.5) is 0 Å². The Morgan fingerprint density at radius 1 is 1.00 bits per heavy atom. The van der Waals surface area contributed by atoms with E-state index in [1.165, 1.54) is 43.9 Å². The van der Waals surface area contributed by atoms with Crippen LogP contribution in [-0.4, -0.2) is 3.59 Å². The number of hydrogen-bond acceptors (Lipinski definition) is 0. The number of aromatic nitrogens is 1. The number of benzene rings is 1. The third kappa shape index (κ3) is 1.96. The van der Waals surface area contributed by atoms with Gasteiger partial charge in [-0.25, -0.2) is 0 Å². The summed E-state index contributed by atoms with van der Waals surface area (Å²) in [6.45, 7) is 0. The second-order valence-electron chi connectivity index (χ2n) is 6.43. The van der Waals surface area contributed by atoms with Gasteiger partial charge in [-0.3, -0.25) is 3.59 Å². The standard InChI is InChI=1S/C20H15Br2N/c21-16-10-13-7-4-8-17-19(13)20-15(16)9-14(11-18(20)23(17)22)12-5-2-1-3-6-12/h1-3,5-6,8-11,13-14H,4,7H2. The Labute approximate surface area is 152 Å². The van der Waals surface area contributed by atoms with Crippen molar-refractivity contribution in [3.63, 3.8) is 0 Å². The first-order valence-electron chi connectivity index (χ1n) is 8.01. The SMILES string of the molecule is BrC1=CC2CCC=c3c2c2c(n3Br)=CC(c3ccccc3)C=C12. The number of allylic oxidation sites excluding steroid dienone is 4. The van der Waals surface area contributed by atoms with Crippen LogP contribution in [0.1, 0.15) is 41.4 Å². The van der Waals surface area contributed by atoms with E-state index in [4.69, 9.17) is 0 Å². The molecule has 2 atom stereocenters. The van der Waals surface area contributed by atoms with Gasteiger partial charge in [0, 0.05) is 21.9 Å². The topological polar surface area (TPSA) is 4.93 Å². The largest absolute Gasteiger partial charge is 0.277 e. The zero-order chi connectivity index (χ0) is 15.6. The minimum atomic E-state index is 0.309. The average Bonchev–Trinajstić information content (AvgIpc) is 2.88. The average molecular weight is 429 g/mol. The number of halogens is 2. The van der Waals surface area contributed by atoms with Gasteiger partial charge in [0.1, 0.15) is 0 Å². The molecule has 114 valence electrons. The van der Waals surface area contributed by atoms with Gasteiger partial charge in [-0.05, 0) is 35.6 Å². The Morgan fingerprint density at radius 2 is 1.83 bits per heavy atom. The van der Waals surface area contributed by atoms with Crippen molar-refractivity contribution < 1.29 is 0 Å². The first-order chi connectivity index (χ1) is 11.2. The molecule has 2 aromatic rings. The van der Waals surface area contributed by atoms with E-state index in [9.17, 15) is 0 Å². The molecular weight excluding hydrogens is 414 g/mol. The maximum absolute atomic E-state index is 3.84. The van der Waals surface area contributed by atoms with E-state index in [-0.39, 0.29) is 0 Å². The maximum atomic E-state index is 3.84. The predicted octanol–water partition coefficient (Wildman–Crippen LogP) is 4.56. The van der Waals surface area contributed by atoms with Crippen LogP contribution in [-0.2, 0) is 0 Å². The first kappa shape index (κ1) is 14.1. The highest BCUT2D eigenvalue weighted by Crippen LogP contribution is 2.44. The van der Waals surface area contributed by atoms with Gasteiger partial charge in [0.05, 0.1) is 26.8 Å². The fraction of sp³-hybridized carbons (Fsp3) is 0.200. The smallest absolute Gasteiger partial charge is 0.0577 e. The Bertz CT molecular complexity index is 992. The number of nitrogens with zero attached hydrogens (tertiary/aromatic N) is 1. The predicted molar refractivity (Wildman–Crippen MR) is 103 cm³/mol. The Balaban J connectivity index is 1.85. The molecular formula is C20H15Br2N. The lowest BCUT2D eigenvalue weighted by Crippen LogP contribution is -2.23. The molecule has 0 amide bonds. The van der Waals surface area contributed by atoms with Crippen LogP contribution >= 0.6 is 32.1 Å². The van der Waals surface area contributed by atoms with Gasteiger partial charge in [0.25, 0.3) is 0 Å². The molecule has 0 spiro atoms. The fourth-order valence-corrected chi connectivity index (χ4v) is 5.40. The van der Waals surface area contributed by atoms with Gasteiger partial charge < -0.3 is 0 Å². The number of rotatable bonds is 1. The summed E-state index contributed by atoms with van der Waals surface area (Å²) in [4.78, 5) is 0. The molecule has 0 bridgehead atoms. The van der Waals surface area contributed by atoms with Crippen LogP contribution in [0.15, 0.2) is 47.0 Å². The molecule has 5 rings (SSSR count). The lowest BCUT2D eigenvalue weighted by Gasteiger charge is -2.26. The van der Waals surface area contributed by atoms with Crippen molar-refractivity contribution >= 4 is 49.8 Å². The van der Waals surface area contributed by atoms with E-state index >= 15 is 0 Å². The highest BCUT2D eigenvalue weighted by molar-refractivity contribution is 9.12. The lowest BCUT2D eigenvalue weighted by atomic mass is 9.79. The summed E-state index contributed by atoms with van der Waals surface area (Å²) >= 11 is 7.65. The zero-order valence-electron chi connectivity index (χ0n) is 12.5. The summed E-state index contributed by atoms with van der Waals surface area (Å²) in [6, 6.07) is 10.7. The molecule has 3 aliphatic rings. The van der Waals surface area contributed by atoms with E-state index in [2.05, 4.69) is 90.3 Å². The quantitative estimate of drug-likeness (QED) is 0.627. The summed E-state index contributed by atoms with van der Waals surface area (Å²) in [6.07, 6.45) is 11.9. The van der Waals surface area contributed by atoms with Crippen LogP contribution in [0.25, 0.3) is 17.7 Å². The first-order valence-corrected chi connectivity index (χ1v) is 9.52. The molecule has 0 aliphatic heterocycles. The van der Waals surface area contributed by atoms with Crippen LogP contribution in [0.5, 0.6) is 0 Å². The van der Waals surface area contributed by atoms with Crippen LogP contribution in [0.2, 0.25) is 0 Å². The monoisotopic (exact) mass is 427 g/mol. The highest BCUT2D eigenvalue weighted by Gasteiger charge is 2.32. The van der Waals surface area contributed by atoms with E-state index < -0.39 is 0 Å². The van der Waals surface area contributed by atoms with Gasteiger partial charge in [-0.1, -0.05) is 64.5 Å². The van der Waals surface area contributed by atoms with E-state index in [1.807, 2.05) is 0 Å². The minimum absolute atomic E-state index is 0.309. The van der Waals surface area contributed by atoms with Gasteiger partial charge in [0.2, 0.25) is 0 Å². The van der Waals surface area contributed by atoms with Gasteiger partial charge in [-0.15, -0.1) is 0 Å². The third-order valence-electron chi connectivity index (χ3n) is 5.15. The molecule has 0 fully saturated rings. The second-order valence-corrected chi connectivity index (χ2v) is 7.99. The lowest BCUT2D eigenvalue weighted by molar-refractivity contribution is 0.734. The summed E-state index contributed by atoms with van der Waals surface area (Å²) < 4.78 is 3.46. The minimum Gasteiger partial charge on any atom is -0.277 e. The Hall–Kier alpha value is -1.32. The molecule has 0 radical (unpaired) electrons. The fourth-order valence-electron chi connectivity index (χ4n) is 4.12. The summed E-state index contributed by atoms with van der Waals surface area (Å²) in [7, 11) is 0. The Kier molecular flexibility index (Phi) is 3.11. The van der Waals surface area contributed by atoms with E-state index in [1.54, 1.807) is 0 Å². The van der Waals surface area contributed by atoms with Crippen molar-refractivity contribution in [1.82, 2.24) is 3.59 Å². The molecule has 23 heavy (non-hydrogen) atoms. The van der Waals surface area contributed by atoms with Crippen molar-refractivity contribution in [2.45, 2.75) is 24.7 Å². The van der Waals surface area contributed by atoms with Crippen LogP contribution in [0.3, 0.4) is 0 Å². The normalized spacial score (nSPS) is 24.1. The highest BCUT2D eigenvalue weighted by atomic mass is 79.9. The third-order valence-corrected chi connectivity index (χ3v) is 6.61. The Morgan fingerprint density at radius 3 is 2.65 bits per heavy atom. The van der Waals surface area contributed by atoms with Crippen molar-refractivity contribution in [3.8, 4) is 0 Å².